The van der Waals surface area contributed by atoms with E-state index >= 15 is 0 Å². The van der Waals surface area contributed by atoms with Gasteiger partial charge in [-0.25, -0.2) is 8.42 Å². The second-order valence-electron chi connectivity index (χ2n) is 5.14. The zero-order valence-electron chi connectivity index (χ0n) is 10.8. The number of hydrogen-bond acceptors (Lipinski definition) is 4. The Morgan fingerprint density at radius 3 is 2.68 bits per heavy atom. The van der Waals surface area contributed by atoms with Gasteiger partial charge >= 0.3 is 5.97 Å². The fourth-order valence-corrected chi connectivity index (χ4v) is 3.46. The van der Waals surface area contributed by atoms with E-state index in [2.05, 4.69) is 0 Å². The van der Waals surface area contributed by atoms with E-state index in [1.54, 1.807) is 6.07 Å². The molecule has 0 aromatic heterocycles. The van der Waals surface area contributed by atoms with Gasteiger partial charge in [0.25, 0.3) is 0 Å². The van der Waals surface area contributed by atoms with Crippen LogP contribution < -0.4 is 4.74 Å². The van der Waals surface area contributed by atoms with Crippen LogP contribution in [0.5, 0.6) is 5.75 Å². The molecule has 1 aliphatic heterocycles. The van der Waals surface area contributed by atoms with E-state index in [-0.39, 0.29) is 18.3 Å². The van der Waals surface area contributed by atoms with Gasteiger partial charge in [0.2, 0.25) is 0 Å². The molecule has 1 aromatic rings. The van der Waals surface area contributed by atoms with Crippen molar-refractivity contribution in [2.45, 2.75) is 24.5 Å². The lowest BCUT2D eigenvalue weighted by atomic mass is 10.0. The summed E-state index contributed by atoms with van der Waals surface area (Å²) in [6.45, 7) is 2.70. The highest BCUT2D eigenvalue weighted by Crippen LogP contribution is 2.35. The first-order chi connectivity index (χ1) is 8.75. The molecule has 0 fully saturated rings. The van der Waals surface area contributed by atoms with Gasteiger partial charge in [0.1, 0.15) is 5.75 Å². The van der Waals surface area contributed by atoms with Gasteiger partial charge in [0, 0.05) is 11.5 Å². The summed E-state index contributed by atoms with van der Waals surface area (Å²) >= 11 is 0. The summed E-state index contributed by atoms with van der Waals surface area (Å²) < 4.78 is 28.1. The highest BCUT2D eigenvalue weighted by atomic mass is 32.2. The SMILES string of the molecule is CC(C)(C(=O)O)S(=O)(=O)CC1COc2ccccc21. The molecule has 5 nitrogen and oxygen atoms in total. The van der Waals surface area contributed by atoms with Gasteiger partial charge in [-0.3, -0.25) is 4.79 Å². The van der Waals surface area contributed by atoms with E-state index in [1.807, 2.05) is 18.2 Å². The maximum atomic E-state index is 12.2. The van der Waals surface area contributed by atoms with Gasteiger partial charge in [0.15, 0.2) is 14.6 Å². The highest BCUT2D eigenvalue weighted by molar-refractivity contribution is 7.93. The van der Waals surface area contributed by atoms with E-state index < -0.39 is 20.6 Å². The standard InChI is InChI=1S/C13H16O5S/c1-13(2,12(14)15)19(16,17)8-9-7-18-11-6-4-3-5-10(9)11/h3-6,9H,7-8H2,1-2H3,(H,14,15). The number of carboxylic acid groups (broad SMARTS) is 1. The van der Waals surface area contributed by atoms with Gasteiger partial charge in [-0.2, -0.15) is 0 Å². The van der Waals surface area contributed by atoms with Crippen LogP contribution in [0.25, 0.3) is 0 Å². The van der Waals surface area contributed by atoms with Crippen LogP contribution in [0.4, 0.5) is 0 Å². The number of fused-ring (bicyclic) bond motifs is 1. The number of para-hydroxylation sites is 1. The molecule has 0 amide bonds. The molecule has 0 radical (unpaired) electrons. The van der Waals surface area contributed by atoms with Crippen molar-refractivity contribution in [1.29, 1.82) is 0 Å². The minimum Gasteiger partial charge on any atom is -0.493 e. The second kappa shape index (κ2) is 4.52. The van der Waals surface area contributed by atoms with Gasteiger partial charge in [0.05, 0.1) is 12.4 Å². The highest BCUT2D eigenvalue weighted by Gasteiger charge is 2.44. The fourth-order valence-electron chi connectivity index (χ4n) is 1.97. The van der Waals surface area contributed by atoms with Crippen molar-refractivity contribution in [1.82, 2.24) is 0 Å². The summed E-state index contributed by atoms with van der Waals surface area (Å²) in [6, 6.07) is 7.23. The molecule has 1 N–H and O–H groups in total. The lowest BCUT2D eigenvalue weighted by Crippen LogP contribution is -2.43. The summed E-state index contributed by atoms with van der Waals surface area (Å²) in [7, 11) is -3.76. The summed E-state index contributed by atoms with van der Waals surface area (Å²) in [6.07, 6.45) is 0. The molecule has 1 heterocycles. The first-order valence-electron chi connectivity index (χ1n) is 5.93. The van der Waals surface area contributed by atoms with Crippen molar-refractivity contribution >= 4 is 15.8 Å². The molecule has 0 aliphatic carbocycles. The summed E-state index contributed by atoms with van der Waals surface area (Å²) in [5, 5.41) is 9.04. The Morgan fingerprint density at radius 2 is 2.05 bits per heavy atom. The number of carboxylic acids is 1. The third-order valence-electron chi connectivity index (χ3n) is 3.51. The maximum absolute atomic E-state index is 12.2. The van der Waals surface area contributed by atoms with Gasteiger partial charge in [-0.05, 0) is 19.9 Å². The molecule has 0 bridgehead atoms. The van der Waals surface area contributed by atoms with Crippen LogP contribution in [0.2, 0.25) is 0 Å². The van der Waals surface area contributed by atoms with Gasteiger partial charge in [-0.1, -0.05) is 18.2 Å². The number of rotatable bonds is 4. The number of aliphatic carboxylic acids is 1. The van der Waals surface area contributed by atoms with Crippen molar-refractivity contribution < 1.29 is 23.1 Å². The van der Waals surface area contributed by atoms with Crippen LogP contribution >= 0.6 is 0 Å². The lowest BCUT2D eigenvalue weighted by Gasteiger charge is -2.21. The van der Waals surface area contributed by atoms with Crippen LogP contribution in [0.15, 0.2) is 24.3 Å². The summed E-state index contributed by atoms with van der Waals surface area (Å²) in [4.78, 5) is 11.1. The lowest BCUT2D eigenvalue weighted by molar-refractivity contribution is -0.139. The maximum Gasteiger partial charge on any atom is 0.324 e. The molecule has 0 saturated carbocycles. The Kier molecular flexibility index (Phi) is 3.30. The van der Waals surface area contributed by atoms with E-state index in [4.69, 9.17) is 9.84 Å². The Hall–Kier alpha value is -1.56. The van der Waals surface area contributed by atoms with E-state index in [0.29, 0.717) is 5.75 Å². The third-order valence-corrected chi connectivity index (χ3v) is 6.08. The molecule has 1 aromatic carbocycles. The predicted molar refractivity (Wildman–Crippen MR) is 70.2 cm³/mol. The van der Waals surface area contributed by atoms with E-state index in [9.17, 15) is 13.2 Å². The number of ether oxygens (including phenoxy) is 1. The minimum atomic E-state index is -3.76. The Morgan fingerprint density at radius 1 is 1.42 bits per heavy atom. The Balaban J connectivity index is 2.27. The predicted octanol–water partition coefficient (Wildman–Crippen LogP) is 1.44. The smallest absolute Gasteiger partial charge is 0.324 e. The molecular weight excluding hydrogens is 268 g/mol. The number of benzene rings is 1. The molecule has 2 rings (SSSR count). The number of carbonyl (C=O) groups is 1. The number of hydrogen-bond donors (Lipinski definition) is 1. The molecule has 6 heteroatoms. The Bertz CT molecular complexity index is 603. The van der Waals surface area contributed by atoms with E-state index in [1.165, 1.54) is 13.8 Å². The summed E-state index contributed by atoms with van der Waals surface area (Å²) in [5.74, 6) is -1.18. The zero-order valence-corrected chi connectivity index (χ0v) is 11.6. The van der Waals surface area contributed by atoms with E-state index in [0.717, 1.165) is 5.56 Å². The van der Waals surface area contributed by atoms with Crippen molar-refractivity contribution in [3.63, 3.8) is 0 Å². The molecule has 104 valence electrons. The summed E-state index contributed by atoms with van der Waals surface area (Å²) in [5.41, 5.74) is 0.826. The van der Waals surface area contributed by atoms with Crippen LogP contribution in [0.1, 0.15) is 25.3 Å². The molecule has 1 unspecified atom stereocenters. The van der Waals surface area contributed by atoms with Crippen molar-refractivity contribution in [3.05, 3.63) is 29.8 Å². The van der Waals surface area contributed by atoms with Crippen molar-refractivity contribution in [2.75, 3.05) is 12.4 Å². The second-order valence-corrected chi connectivity index (χ2v) is 7.73. The molecular formula is C13H16O5S. The molecule has 0 saturated heterocycles. The van der Waals surface area contributed by atoms with Crippen LogP contribution in [-0.2, 0) is 14.6 Å². The Labute approximate surface area is 112 Å². The van der Waals surface area contributed by atoms with Crippen molar-refractivity contribution in [2.24, 2.45) is 0 Å². The first-order valence-corrected chi connectivity index (χ1v) is 7.58. The first kappa shape index (κ1) is 13.9. The van der Waals surface area contributed by atoms with Crippen molar-refractivity contribution in [3.8, 4) is 5.75 Å². The van der Waals surface area contributed by atoms with Gasteiger partial charge < -0.3 is 9.84 Å². The molecule has 1 atom stereocenters. The minimum absolute atomic E-state index is 0.219. The fraction of sp³-hybridized carbons (Fsp3) is 0.462. The third kappa shape index (κ3) is 2.32. The topological polar surface area (TPSA) is 80.7 Å². The van der Waals surface area contributed by atoms with Crippen LogP contribution in [0, 0.1) is 0 Å². The monoisotopic (exact) mass is 284 g/mol. The quantitative estimate of drug-likeness (QED) is 0.905. The molecule has 1 aliphatic rings. The molecule has 0 spiro atoms. The average Bonchev–Trinajstić information content (AvgIpc) is 2.72. The zero-order chi connectivity index (χ0) is 14.3. The van der Waals surface area contributed by atoms with Crippen LogP contribution in [-0.4, -0.2) is 36.6 Å². The van der Waals surface area contributed by atoms with Crippen LogP contribution in [0.3, 0.4) is 0 Å². The number of sulfone groups is 1. The molecule has 19 heavy (non-hydrogen) atoms. The normalized spacial score (nSPS) is 18.7. The average molecular weight is 284 g/mol. The largest absolute Gasteiger partial charge is 0.493 e. The van der Waals surface area contributed by atoms with Gasteiger partial charge in [-0.15, -0.1) is 0 Å².